The molecule has 1 saturated carbocycles. The van der Waals surface area contributed by atoms with Gasteiger partial charge in [0.05, 0.1) is 11.6 Å². The number of rotatable bonds is 7. The topological polar surface area (TPSA) is 148 Å². The van der Waals surface area contributed by atoms with E-state index < -0.39 is 30.1 Å². The van der Waals surface area contributed by atoms with Crippen LogP contribution in [-0.2, 0) is 0 Å². The lowest BCUT2D eigenvalue weighted by Crippen LogP contribution is -2.38. The number of ether oxygens (including phenoxy) is 1. The van der Waals surface area contributed by atoms with Crippen LogP contribution in [0.5, 0.6) is 5.75 Å². The van der Waals surface area contributed by atoms with Crippen molar-refractivity contribution >= 4 is 17.6 Å². The van der Waals surface area contributed by atoms with E-state index >= 15 is 0 Å². The molecule has 1 aliphatic rings. The monoisotopic (exact) mass is 559 g/mol. The van der Waals surface area contributed by atoms with Gasteiger partial charge in [-0.15, -0.1) is 23.4 Å². The molecule has 1 aromatic heterocycles. The number of carbonyl (C=O) groups excluding carboxylic acids is 2. The van der Waals surface area contributed by atoms with Crippen molar-refractivity contribution in [2.45, 2.75) is 58.9 Å². The summed E-state index contributed by atoms with van der Waals surface area (Å²) in [6, 6.07) is 8.95. The Balaban J connectivity index is 1.59. The molecule has 1 heterocycles. The van der Waals surface area contributed by atoms with E-state index in [2.05, 4.69) is 56.8 Å². The standard InChI is InChI=1S/C27H32F3N7O3/c1-26(2,3)17-7-4-15(5-8-17)22(16-6-13-20(23(31)38)21(14-16)24-34-36-37-35-24)33-25(39)32-18-9-11-19(12-10-18)40-27(28,29)30/h6,9-15,17,22H,4-5,7-8H2,1-3H3,(H2,31,38)(H2,32,33,39)(H,34,35,36,37). The highest BCUT2D eigenvalue weighted by Crippen LogP contribution is 2.44. The Kier molecular flexibility index (Phi) is 8.31. The van der Waals surface area contributed by atoms with Gasteiger partial charge in [-0.3, -0.25) is 4.79 Å². The van der Waals surface area contributed by atoms with Gasteiger partial charge in [-0.1, -0.05) is 26.8 Å². The van der Waals surface area contributed by atoms with E-state index in [-0.39, 0.29) is 22.7 Å². The molecule has 1 aliphatic carbocycles. The second-order valence-corrected chi connectivity index (χ2v) is 11.0. The molecule has 0 bridgehead atoms. The Morgan fingerprint density at radius 1 is 1.05 bits per heavy atom. The fourth-order valence-electron chi connectivity index (χ4n) is 5.27. The number of H-pyrrole nitrogens is 1. The first-order valence-electron chi connectivity index (χ1n) is 12.9. The summed E-state index contributed by atoms with van der Waals surface area (Å²) < 4.78 is 41.3. The lowest BCUT2D eigenvalue weighted by Gasteiger charge is -2.40. The molecular weight excluding hydrogens is 527 g/mol. The van der Waals surface area contributed by atoms with Gasteiger partial charge in [0.15, 0.2) is 0 Å². The van der Waals surface area contributed by atoms with Crippen LogP contribution in [0, 0.1) is 17.3 Å². The minimum absolute atomic E-state index is 0.0875. The molecular formula is C27H32F3N7O3. The molecule has 3 aromatic rings. The van der Waals surface area contributed by atoms with Crippen molar-refractivity contribution in [2.75, 3.05) is 5.32 Å². The van der Waals surface area contributed by atoms with Crippen molar-refractivity contribution in [1.82, 2.24) is 25.9 Å². The number of alkyl halides is 3. The number of aromatic amines is 1. The number of benzene rings is 2. The number of hydrogen-bond donors (Lipinski definition) is 4. The largest absolute Gasteiger partial charge is 0.573 e. The number of anilines is 1. The van der Waals surface area contributed by atoms with Gasteiger partial charge < -0.3 is 21.1 Å². The molecule has 0 radical (unpaired) electrons. The van der Waals surface area contributed by atoms with Gasteiger partial charge >= 0.3 is 12.4 Å². The van der Waals surface area contributed by atoms with Crippen molar-refractivity contribution in [1.29, 1.82) is 0 Å². The second-order valence-electron chi connectivity index (χ2n) is 11.0. The van der Waals surface area contributed by atoms with Gasteiger partial charge in [0.25, 0.3) is 0 Å². The first-order valence-corrected chi connectivity index (χ1v) is 12.9. The molecule has 3 amide bonds. The number of amides is 3. The van der Waals surface area contributed by atoms with Crippen LogP contribution >= 0.6 is 0 Å². The van der Waals surface area contributed by atoms with Crippen LogP contribution in [0.4, 0.5) is 23.7 Å². The van der Waals surface area contributed by atoms with Crippen molar-refractivity contribution in [3.05, 3.63) is 53.6 Å². The van der Waals surface area contributed by atoms with Crippen molar-refractivity contribution in [3.63, 3.8) is 0 Å². The minimum atomic E-state index is -4.81. The number of tetrazole rings is 1. The Bertz CT molecular complexity index is 1310. The van der Waals surface area contributed by atoms with E-state index in [1.54, 1.807) is 18.2 Å². The number of hydrogen-bond acceptors (Lipinski definition) is 6. The number of aromatic nitrogens is 4. The predicted octanol–water partition coefficient (Wildman–Crippen LogP) is 5.58. The third kappa shape index (κ3) is 7.27. The number of nitrogens with one attached hydrogen (secondary N) is 3. The molecule has 13 heteroatoms. The summed E-state index contributed by atoms with van der Waals surface area (Å²) in [5, 5.41) is 19.6. The van der Waals surface area contributed by atoms with Gasteiger partial charge in [0, 0.05) is 11.3 Å². The van der Waals surface area contributed by atoms with Crippen LogP contribution in [0.3, 0.4) is 0 Å². The molecule has 214 valence electrons. The van der Waals surface area contributed by atoms with E-state index in [1.165, 1.54) is 12.1 Å². The Hall–Kier alpha value is -4.16. The molecule has 1 unspecified atom stereocenters. The van der Waals surface area contributed by atoms with Crippen LogP contribution in [0.1, 0.15) is 68.4 Å². The Morgan fingerprint density at radius 3 is 2.27 bits per heavy atom. The lowest BCUT2D eigenvalue weighted by atomic mass is 9.68. The zero-order valence-corrected chi connectivity index (χ0v) is 22.4. The number of halogens is 3. The summed E-state index contributed by atoms with van der Waals surface area (Å²) in [5.41, 5.74) is 7.37. The van der Waals surface area contributed by atoms with Gasteiger partial charge in [-0.25, -0.2) is 4.79 Å². The first kappa shape index (κ1) is 28.8. The quantitative estimate of drug-likeness (QED) is 0.297. The summed E-state index contributed by atoms with van der Waals surface area (Å²) in [5.74, 6) is -0.226. The summed E-state index contributed by atoms with van der Waals surface area (Å²) in [4.78, 5) is 25.2. The highest BCUT2D eigenvalue weighted by molar-refractivity contribution is 5.99. The van der Waals surface area contributed by atoms with Crippen LogP contribution < -0.4 is 21.1 Å². The number of nitrogens with zero attached hydrogens (tertiary/aromatic N) is 3. The third-order valence-electron chi connectivity index (χ3n) is 7.35. The summed E-state index contributed by atoms with van der Waals surface area (Å²) in [7, 11) is 0. The number of carbonyl (C=O) groups is 2. The molecule has 1 atom stereocenters. The first-order chi connectivity index (χ1) is 18.8. The van der Waals surface area contributed by atoms with Crippen molar-refractivity contribution in [2.24, 2.45) is 23.0 Å². The maximum atomic E-state index is 13.1. The molecule has 40 heavy (non-hydrogen) atoms. The average Bonchev–Trinajstić information content (AvgIpc) is 3.42. The van der Waals surface area contributed by atoms with Crippen LogP contribution in [0.25, 0.3) is 11.4 Å². The van der Waals surface area contributed by atoms with Gasteiger partial charge in [-0.05, 0) is 90.1 Å². The Morgan fingerprint density at radius 2 is 1.73 bits per heavy atom. The van der Waals surface area contributed by atoms with Crippen LogP contribution in [-0.4, -0.2) is 38.9 Å². The summed E-state index contributed by atoms with van der Waals surface area (Å²) in [6.07, 6.45) is -1.09. The van der Waals surface area contributed by atoms with Crippen LogP contribution in [0.15, 0.2) is 42.5 Å². The Labute approximate surface area is 229 Å². The zero-order valence-electron chi connectivity index (χ0n) is 22.4. The van der Waals surface area contributed by atoms with E-state index in [9.17, 15) is 22.8 Å². The fourth-order valence-corrected chi connectivity index (χ4v) is 5.27. The molecule has 0 saturated heterocycles. The van der Waals surface area contributed by atoms with E-state index in [1.807, 2.05) is 0 Å². The molecule has 0 aliphatic heterocycles. The minimum Gasteiger partial charge on any atom is -0.406 e. The van der Waals surface area contributed by atoms with E-state index in [0.29, 0.717) is 17.2 Å². The number of nitrogens with two attached hydrogens (primary N) is 1. The lowest BCUT2D eigenvalue weighted by molar-refractivity contribution is -0.274. The number of primary amides is 1. The van der Waals surface area contributed by atoms with Gasteiger partial charge in [-0.2, -0.15) is 5.21 Å². The third-order valence-corrected chi connectivity index (χ3v) is 7.35. The molecule has 0 spiro atoms. The van der Waals surface area contributed by atoms with E-state index in [0.717, 1.165) is 43.4 Å². The highest BCUT2D eigenvalue weighted by atomic mass is 19.4. The van der Waals surface area contributed by atoms with Gasteiger partial charge in [0.1, 0.15) is 5.75 Å². The van der Waals surface area contributed by atoms with E-state index in [4.69, 9.17) is 5.73 Å². The second kappa shape index (κ2) is 11.5. The predicted molar refractivity (Wildman–Crippen MR) is 141 cm³/mol. The van der Waals surface area contributed by atoms with Crippen molar-refractivity contribution in [3.8, 4) is 17.1 Å². The molecule has 2 aromatic carbocycles. The van der Waals surface area contributed by atoms with Crippen molar-refractivity contribution < 1.29 is 27.5 Å². The summed E-state index contributed by atoms with van der Waals surface area (Å²) in [6.45, 7) is 6.68. The normalized spacial score (nSPS) is 18.6. The molecule has 10 nitrogen and oxygen atoms in total. The van der Waals surface area contributed by atoms with Gasteiger partial charge in [0.2, 0.25) is 11.7 Å². The smallest absolute Gasteiger partial charge is 0.406 e. The SMILES string of the molecule is CC(C)(C)C1CCC(C(NC(=O)Nc2ccc(OC(F)(F)F)cc2)c2ccc(C(N)=O)c(-c3nn[nH]n3)c2)CC1. The molecule has 4 rings (SSSR count). The fraction of sp³-hybridized carbons (Fsp3) is 0.444. The maximum Gasteiger partial charge on any atom is 0.573 e. The zero-order chi connectivity index (χ0) is 29.1. The summed E-state index contributed by atoms with van der Waals surface area (Å²) >= 11 is 0. The average molecular weight is 560 g/mol. The molecule has 5 N–H and O–H groups in total. The van der Waals surface area contributed by atoms with Crippen LogP contribution in [0.2, 0.25) is 0 Å². The maximum absolute atomic E-state index is 13.1. The molecule has 1 fully saturated rings. The highest BCUT2D eigenvalue weighted by Gasteiger charge is 2.35. The number of urea groups is 1.